The van der Waals surface area contributed by atoms with Crippen LogP contribution in [0, 0.1) is 0 Å². The summed E-state index contributed by atoms with van der Waals surface area (Å²) in [5.74, 6) is 0.0129. The standard InChI is InChI=1S/C27H30ClN3O5/c1-4-5-13-22-29-25(32)23(27(34)31(22)24-20(35-2)11-8-12-21(24)36-3)26(33)30-15-14-17(16-30)18-9-6-7-10-19(18)28/h6-12,17,32H,4-5,13-16H2,1-3H3. The molecule has 2 aromatic carbocycles. The fourth-order valence-corrected chi connectivity index (χ4v) is 4.98. The third kappa shape index (κ3) is 4.78. The van der Waals surface area contributed by atoms with E-state index in [1.54, 1.807) is 23.1 Å². The van der Waals surface area contributed by atoms with Gasteiger partial charge in [-0.15, -0.1) is 0 Å². The normalized spacial score (nSPS) is 15.2. The number of carbonyl (C=O) groups excluding carboxylic acids is 1. The molecule has 1 aliphatic heterocycles. The molecule has 0 spiro atoms. The van der Waals surface area contributed by atoms with Crippen LogP contribution in [-0.2, 0) is 6.42 Å². The Morgan fingerprint density at radius 1 is 1.14 bits per heavy atom. The van der Waals surface area contributed by atoms with Crippen molar-refractivity contribution in [2.24, 2.45) is 0 Å². The second-order valence-corrected chi connectivity index (χ2v) is 9.15. The number of aryl methyl sites for hydroxylation is 1. The van der Waals surface area contributed by atoms with E-state index in [9.17, 15) is 14.7 Å². The molecule has 2 heterocycles. The number of carbonyl (C=O) groups is 1. The van der Waals surface area contributed by atoms with Crippen molar-refractivity contribution in [3.05, 3.63) is 74.8 Å². The Balaban J connectivity index is 1.80. The van der Waals surface area contributed by atoms with Crippen molar-refractivity contribution >= 4 is 17.5 Å². The molecule has 4 rings (SSSR count). The van der Waals surface area contributed by atoms with Crippen LogP contribution < -0.4 is 15.0 Å². The number of methoxy groups -OCH3 is 2. The third-order valence-corrected chi connectivity index (χ3v) is 6.89. The van der Waals surface area contributed by atoms with E-state index in [0.717, 1.165) is 18.4 Å². The van der Waals surface area contributed by atoms with E-state index >= 15 is 0 Å². The summed E-state index contributed by atoms with van der Waals surface area (Å²) < 4.78 is 12.4. The van der Waals surface area contributed by atoms with E-state index < -0.39 is 17.3 Å². The Morgan fingerprint density at radius 3 is 2.47 bits per heavy atom. The van der Waals surface area contributed by atoms with Crippen molar-refractivity contribution in [3.63, 3.8) is 0 Å². The van der Waals surface area contributed by atoms with Crippen LogP contribution in [0.25, 0.3) is 5.69 Å². The molecule has 0 radical (unpaired) electrons. The maximum atomic E-state index is 13.9. The number of para-hydroxylation sites is 1. The maximum Gasteiger partial charge on any atom is 0.275 e. The molecule has 1 aliphatic rings. The quantitative estimate of drug-likeness (QED) is 0.475. The van der Waals surface area contributed by atoms with Crippen LogP contribution in [0.5, 0.6) is 17.4 Å². The number of halogens is 1. The highest BCUT2D eigenvalue weighted by molar-refractivity contribution is 6.31. The number of ether oxygens (including phenoxy) is 2. The first-order valence-corrected chi connectivity index (χ1v) is 12.4. The van der Waals surface area contributed by atoms with Crippen molar-refractivity contribution in [2.75, 3.05) is 27.3 Å². The minimum Gasteiger partial charge on any atom is -0.494 e. The third-order valence-electron chi connectivity index (χ3n) is 6.55. The first-order valence-electron chi connectivity index (χ1n) is 12.0. The van der Waals surface area contributed by atoms with Gasteiger partial charge in [0.05, 0.1) is 14.2 Å². The number of aromatic hydroxyl groups is 1. The van der Waals surface area contributed by atoms with Gasteiger partial charge in [-0.2, -0.15) is 4.98 Å². The molecule has 1 fully saturated rings. The van der Waals surface area contributed by atoms with Gasteiger partial charge in [0.1, 0.15) is 23.0 Å². The zero-order valence-electron chi connectivity index (χ0n) is 20.7. The second kappa shape index (κ2) is 11.0. The van der Waals surface area contributed by atoms with Gasteiger partial charge in [-0.05, 0) is 36.6 Å². The second-order valence-electron chi connectivity index (χ2n) is 8.74. The Morgan fingerprint density at radius 2 is 1.83 bits per heavy atom. The number of aromatic nitrogens is 2. The molecule has 9 heteroatoms. The summed E-state index contributed by atoms with van der Waals surface area (Å²) in [4.78, 5) is 33.4. The number of unbranched alkanes of at least 4 members (excludes halogenated alkanes) is 1. The van der Waals surface area contributed by atoms with Crippen LogP contribution in [0.2, 0.25) is 5.02 Å². The molecule has 1 atom stereocenters. The van der Waals surface area contributed by atoms with Crippen LogP contribution in [0.15, 0.2) is 47.3 Å². The number of hydrogen-bond donors (Lipinski definition) is 1. The Bertz CT molecular complexity index is 1300. The number of nitrogens with zero attached hydrogens (tertiary/aromatic N) is 3. The van der Waals surface area contributed by atoms with E-state index in [1.807, 2.05) is 31.2 Å². The average Bonchev–Trinajstić information content (AvgIpc) is 3.37. The topological polar surface area (TPSA) is 93.9 Å². The van der Waals surface area contributed by atoms with Gasteiger partial charge in [-0.25, -0.2) is 0 Å². The molecule has 3 aromatic rings. The molecule has 0 saturated carbocycles. The monoisotopic (exact) mass is 511 g/mol. The zero-order chi connectivity index (χ0) is 25.8. The number of hydrogen-bond acceptors (Lipinski definition) is 6. The average molecular weight is 512 g/mol. The summed E-state index contributed by atoms with van der Waals surface area (Å²) in [5.41, 5.74) is 0.268. The van der Waals surface area contributed by atoms with E-state index in [0.29, 0.717) is 54.0 Å². The first-order chi connectivity index (χ1) is 17.4. The molecule has 1 aromatic heterocycles. The van der Waals surface area contributed by atoms with Crippen LogP contribution in [-0.4, -0.2) is 52.8 Å². The molecule has 8 nitrogen and oxygen atoms in total. The SMILES string of the molecule is CCCCc1nc(O)c(C(=O)N2CCC(c3ccccc3Cl)C2)c(=O)n1-c1c(OC)cccc1OC. The lowest BCUT2D eigenvalue weighted by Gasteiger charge is -2.21. The summed E-state index contributed by atoms with van der Waals surface area (Å²) in [6, 6.07) is 12.7. The highest BCUT2D eigenvalue weighted by atomic mass is 35.5. The summed E-state index contributed by atoms with van der Waals surface area (Å²) in [5, 5.41) is 11.4. The highest BCUT2D eigenvalue weighted by Crippen LogP contribution is 2.35. The number of amides is 1. The van der Waals surface area contributed by atoms with Crippen LogP contribution in [0.4, 0.5) is 0 Å². The number of rotatable bonds is 8. The van der Waals surface area contributed by atoms with Crippen LogP contribution in [0.1, 0.15) is 53.8 Å². The fourth-order valence-electron chi connectivity index (χ4n) is 4.69. The molecule has 1 unspecified atom stereocenters. The van der Waals surface area contributed by atoms with Gasteiger partial charge < -0.3 is 19.5 Å². The molecule has 1 amide bonds. The Kier molecular flexibility index (Phi) is 7.84. The minimum atomic E-state index is -0.664. The van der Waals surface area contributed by atoms with E-state index in [-0.39, 0.29) is 11.5 Å². The largest absolute Gasteiger partial charge is 0.494 e. The van der Waals surface area contributed by atoms with Crippen LogP contribution >= 0.6 is 11.6 Å². The van der Waals surface area contributed by atoms with Gasteiger partial charge in [0.25, 0.3) is 11.5 Å². The van der Waals surface area contributed by atoms with Crippen molar-refractivity contribution < 1.29 is 19.4 Å². The lowest BCUT2D eigenvalue weighted by Crippen LogP contribution is -2.37. The first kappa shape index (κ1) is 25.6. The van der Waals surface area contributed by atoms with Gasteiger partial charge in [-0.1, -0.05) is 49.2 Å². The zero-order valence-corrected chi connectivity index (χ0v) is 21.4. The Hall–Kier alpha value is -3.52. The fraction of sp³-hybridized carbons (Fsp3) is 0.370. The van der Waals surface area contributed by atoms with Crippen molar-refractivity contribution in [3.8, 4) is 23.1 Å². The summed E-state index contributed by atoms with van der Waals surface area (Å²) >= 11 is 6.37. The lowest BCUT2D eigenvalue weighted by molar-refractivity contribution is 0.0784. The van der Waals surface area contributed by atoms with Gasteiger partial charge in [0, 0.05) is 30.5 Å². The molecule has 1 N–H and O–H groups in total. The Labute approximate surface area is 215 Å². The molecule has 1 saturated heterocycles. The van der Waals surface area contributed by atoms with Crippen molar-refractivity contribution in [1.29, 1.82) is 0 Å². The molecule has 0 aliphatic carbocycles. The van der Waals surface area contributed by atoms with Gasteiger partial charge in [0.2, 0.25) is 5.88 Å². The molecule has 36 heavy (non-hydrogen) atoms. The molecule has 0 bridgehead atoms. The molecular weight excluding hydrogens is 482 g/mol. The number of likely N-dealkylation sites (tertiary alicyclic amines) is 1. The summed E-state index contributed by atoms with van der Waals surface area (Å²) in [7, 11) is 2.99. The summed E-state index contributed by atoms with van der Waals surface area (Å²) in [6.07, 6.45) is 2.72. The summed E-state index contributed by atoms with van der Waals surface area (Å²) in [6.45, 7) is 2.84. The predicted molar refractivity (Wildman–Crippen MR) is 138 cm³/mol. The smallest absolute Gasteiger partial charge is 0.275 e. The van der Waals surface area contributed by atoms with Gasteiger partial charge in [-0.3, -0.25) is 14.2 Å². The molecular formula is C27H30ClN3O5. The van der Waals surface area contributed by atoms with Gasteiger partial charge in [0.15, 0.2) is 5.56 Å². The lowest BCUT2D eigenvalue weighted by atomic mass is 9.98. The van der Waals surface area contributed by atoms with Gasteiger partial charge >= 0.3 is 0 Å². The maximum absolute atomic E-state index is 13.9. The van der Waals surface area contributed by atoms with Crippen molar-refractivity contribution in [1.82, 2.24) is 14.5 Å². The van der Waals surface area contributed by atoms with E-state index in [1.165, 1.54) is 18.8 Å². The number of benzene rings is 2. The minimum absolute atomic E-state index is 0.0399. The highest BCUT2D eigenvalue weighted by Gasteiger charge is 2.34. The molecule has 190 valence electrons. The van der Waals surface area contributed by atoms with E-state index in [4.69, 9.17) is 21.1 Å². The predicted octanol–water partition coefficient (Wildman–Crippen LogP) is 4.58. The van der Waals surface area contributed by atoms with Crippen molar-refractivity contribution in [2.45, 2.75) is 38.5 Å². The van der Waals surface area contributed by atoms with Crippen LogP contribution in [0.3, 0.4) is 0 Å². The van der Waals surface area contributed by atoms with E-state index in [2.05, 4.69) is 4.98 Å².